The summed E-state index contributed by atoms with van der Waals surface area (Å²) < 4.78 is 4.69. The molecule has 0 aliphatic rings. The van der Waals surface area contributed by atoms with Crippen LogP contribution in [0.4, 0.5) is 0 Å². The number of hydrogen-bond donors (Lipinski definition) is 1. The highest BCUT2D eigenvalue weighted by molar-refractivity contribution is 6.30. The molecule has 1 N–H and O–H groups in total. The van der Waals surface area contributed by atoms with Crippen molar-refractivity contribution in [1.82, 2.24) is 15.2 Å². The third-order valence-electron chi connectivity index (χ3n) is 2.28. The minimum atomic E-state index is -0.793. The minimum Gasteiger partial charge on any atom is -0.461 e. The number of aromatic nitrogens is 3. The molecule has 0 fully saturated rings. The summed E-state index contributed by atoms with van der Waals surface area (Å²) in [5.41, 5.74) is -0.359. The molecular weight excluding hydrogens is 270 g/mol. The lowest BCUT2D eigenvalue weighted by molar-refractivity contribution is 0.0515. The molecule has 19 heavy (non-hydrogen) atoms. The number of benzene rings is 1. The van der Waals surface area contributed by atoms with E-state index in [4.69, 9.17) is 16.3 Å². The molecule has 0 saturated heterocycles. The van der Waals surface area contributed by atoms with Crippen LogP contribution in [-0.4, -0.2) is 27.8 Å². The van der Waals surface area contributed by atoms with E-state index in [0.717, 1.165) is 0 Å². The highest BCUT2D eigenvalue weighted by Gasteiger charge is 2.15. The van der Waals surface area contributed by atoms with Crippen LogP contribution in [0.5, 0.6) is 0 Å². The Morgan fingerprint density at radius 3 is 2.58 bits per heavy atom. The van der Waals surface area contributed by atoms with Gasteiger partial charge in [0.15, 0.2) is 5.82 Å². The van der Waals surface area contributed by atoms with Crippen molar-refractivity contribution < 1.29 is 9.53 Å². The SMILES string of the molecule is CCOC(=O)c1nnc(-c2ccc(Cl)cc2)[nH]c1=O. The topological polar surface area (TPSA) is 84.9 Å². The highest BCUT2D eigenvalue weighted by atomic mass is 35.5. The van der Waals surface area contributed by atoms with E-state index in [1.54, 1.807) is 31.2 Å². The fourth-order valence-electron chi connectivity index (χ4n) is 1.41. The Hall–Kier alpha value is -2.21. The zero-order chi connectivity index (χ0) is 13.8. The van der Waals surface area contributed by atoms with Crippen molar-refractivity contribution in [2.24, 2.45) is 0 Å². The molecule has 0 aliphatic heterocycles. The molecule has 0 unspecified atom stereocenters. The smallest absolute Gasteiger partial charge is 0.364 e. The van der Waals surface area contributed by atoms with Crippen molar-refractivity contribution in [2.75, 3.05) is 6.61 Å². The van der Waals surface area contributed by atoms with Crippen LogP contribution in [0.1, 0.15) is 17.4 Å². The maximum atomic E-state index is 11.7. The first-order valence-electron chi connectivity index (χ1n) is 5.52. The first-order valence-corrected chi connectivity index (χ1v) is 5.89. The maximum Gasteiger partial charge on any atom is 0.364 e. The zero-order valence-corrected chi connectivity index (χ0v) is 10.8. The monoisotopic (exact) mass is 279 g/mol. The van der Waals surface area contributed by atoms with Crippen LogP contribution < -0.4 is 5.56 Å². The number of carbonyl (C=O) groups excluding carboxylic acids is 1. The lowest BCUT2D eigenvalue weighted by atomic mass is 10.2. The molecule has 0 amide bonds. The molecule has 0 bridgehead atoms. The van der Waals surface area contributed by atoms with Gasteiger partial charge in [0.25, 0.3) is 5.56 Å². The normalized spacial score (nSPS) is 10.2. The van der Waals surface area contributed by atoms with Gasteiger partial charge in [-0.15, -0.1) is 10.2 Å². The standard InChI is InChI=1S/C12H10ClN3O3/c1-2-19-12(18)9-11(17)14-10(16-15-9)7-3-5-8(13)6-4-7/h3-6H,2H2,1H3,(H,14,16,17). The number of rotatable bonds is 3. The average molecular weight is 280 g/mol. The number of nitrogens with zero attached hydrogens (tertiary/aromatic N) is 2. The summed E-state index contributed by atoms with van der Waals surface area (Å²) >= 11 is 5.76. The molecule has 7 heteroatoms. The van der Waals surface area contributed by atoms with E-state index in [1.165, 1.54) is 0 Å². The van der Waals surface area contributed by atoms with Crippen molar-refractivity contribution in [3.05, 3.63) is 45.3 Å². The number of esters is 1. The van der Waals surface area contributed by atoms with Gasteiger partial charge in [-0.25, -0.2) is 4.79 Å². The zero-order valence-electron chi connectivity index (χ0n) is 10.0. The van der Waals surface area contributed by atoms with E-state index in [2.05, 4.69) is 15.2 Å². The van der Waals surface area contributed by atoms with Gasteiger partial charge in [-0.2, -0.15) is 0 Å². The molecule has 2 aromatic rings. The Balaban J connectivity index is 2.36. The molecule has 1 aromatic heterocycles. The molecule has 0 spiro atoms. The molecule has 0 saturated carbocycles. The Bertz CT molecular complexity index is 652. The number of H-pyrrole nitrogens is 1. The van der Waals surface area contributed by atoms with Gasteiger partial charge in [0, 0.05) is 10.6 Å². The summed E-state index contributed by atoms with van der Waals surface area (Å²) in [6, 6.07) is 6.70. The Morgan fingerprint density at radius 1 is 1.32 bits per heavy atom. The van der Waals surface area contributed by atoms with E-state index in [9.17, 15) is 9.59 Å². The van der Waals surface area contributed by atoms with Crippen molar-refractivity contribution in [1.29, 1.82) is 0 Å². The Morgan fingerprint density at radius 2 is 2.00 bits per heavy atom. The molecule has 98 valence electrons. The minimum absolute atomic E-state index is 0.166. The molecule has 0 atom stereocenters. The van der Waals surface area contributed by atoms with E-state index in [0.29, 0.717) is 10.6 Å². The van der Waals surface area contributed by atoms with Gasteiger partial charge >= 0.3 is 5.97 Å². The van der Waals surface area contributed by atoms with Crippen molar-refractivity contribution in [2.45, 2.75) is 6.92 Å². The van der Waals surface area contributed by atoms with Crippen LogP contribution in [-0.2, 0) is 4.74 Å². The summed E-state index contributed by atoms with van der Waals surface area (Å²) in [6.45, 7) is 1.81. The summed E-state index contributed by atoms with van der Waals surface area (Å²) in [5, 5.41) is 7.96. The fourth-order valence-corrected chi connectivity index (χ4v) is 1.53. The number of nitrogens with one attached hydrogen (secondary N) is 1. The van der Waals surface area contributed by atoms with E-state index >= 15 is 0 Å². The molecule has 0 radical (unpaired) electrons. The predicted octanol–water partition coefficient (Wildman–Crippen LogP) is 1.66. The van der Waals surface area contributed by atoms with Gasteiger partial charge < -0.3 is 9.72 Å². The lowest BCUT2D eigenvalue weighted by Gasteiger charge is -2.02. The summed E-state index contributed by atoms with van der Waals surface area (Å²) in [7, 11) is 0. The van der Waals surface area contributed by atoms with E-state index < -0.39 is 11.5 Å². The number of carbonyl (C=O) groups is 1. The van der Waals surface area contributed by atoms with E-state index in [1.807, 2.05) is 0 Å². The van der Waals surface area contributed by atoms with Crippen LogP contribution in [0.2, 0.25) is 5.02 Å². The van der Waals surface area contributed by atoms with Crippen LogP contribution in [0, 0.1) is 0 Å². The molecule has 0 aliphatic carbocycles. The Kier molecular flexibility index (Phi) is 3.91. The molecule has 6 nitrogen and oxygen atoms in total. The van der Waals surface area contributed by atoms with Crippen LogP contribution in [0.25, 0.3) is 11.4 Å². The number of aromatic amines is 1. The lowest BCUT2D eigenvalue weighted by Crippen LogP contribution is -2.23. The molecule has 1 heterocycles. The van der Waals surface area contributed by atoms with Crippen LogP contribution in [0.3, 0.4) is 0 Å². The van der Waals surface area contributed by atoms with Crippen molar-refractivity contribution in [3.63, 3.8) is 0 Å². The van der Waals surface area contributed by atoms with Crippen molar-refractivity contribution in [3.8, 4) is 11.4 Å². The largest absolute Gasteiger partial charge is 0.461 e. The predicted molar refractivity (Wildman–Crippen MR) is 69.1 cm³/mol. The average Bonchev–Trinajstić information content (AvgIpc) is 2.39. The number of ether oxygens (including phenoxy) is 1. The molecule has 2 rings (SSSR count). The van der Waals surface area contributed by atoms with Crippen molar-refractivity contribution >= 4 is 17.6 Å². The van der Waals surface area contributed by atoms with Gasteiger partial charge in [-0.05, 0) is 31.2 Å². The first kappa shape index (κ1) is 13.2. The third-order valence-corrected chi connectivity index (χ3v) is 2.54. The quantitative estimate of drug-likeness (QED) is 0.864. The second kappa shape index (κ2) is 5.62. The summed E-state index contributed by atoms with van der Waals surface area (Å²) in [6.07, 6.45) is 0. The van der Waals surface area contributed by atoms with Crippen LogP contribution >= 0.6 is 11.6 Å². The number of halogens is 1. The second-order valence-corrected chi connectivity index (χ2v) is 4.02. The second-order valence-electron chi connectivity index (χ2n) is 3.58. The van der Waals surface area contributed by atoms with Gasteiger partial charge in [0.1, 0.15) is 0 Å². The van der Waals surface area contributed by atoms with Gasteiger partial charge in [0.05, 0.1) is 6.61 Å². The van der Waals surface area contributed by atoms with Crippen LogP contribution in [0.15, 0.2) is 29.1 Å². The summed E-state index contributed by atoms with van der Waals surface area (Å²) in [5.74, 6) is -0.534. The first-order chi connectivity index (χ1) is 9.11. The van der Waals surface area contributed by atoms with E-state index in [-0.39, 0.29) is 18.1 Å². The Labute approximate surface area is 113 Å². The van der Waals surface area contributed by atoms with Gasteiger partial charge in [-0.1, -0.05) is 11.6 Å². The van der Waals surface area contributed by atoms with Gasteiger partial charge in [-0.3, -0.25) is 4.79 Å². The van der Waals surface area contributed by atoms with Gasteiger partial charge in [0.2, 0.25) is 5.69 Å². The molecule has 1 aromatic carbocycles. The maximum absolute atomic E-state index is 11.7. The number of hydrogen-bond acceptors (Lipinski definition) is 5. The fraction of sp³-hybridized carbons (Fsp3) is 0.167. The highest BCUT2D eigenvalue weighted by Crippen LogP contribution is 2.16. The summed E-state index contributed by atoms with van der Waals surface area (Å²) in [4.78, 5) is 25.6. The molecular formula is C12H10ClN3O3. The third kappa shape index (κ3) is 2.97.